The third-order valence-corrected chi connectivity index (χ3v) is 5.85. The number of rotatable bonds is 4. The number of nitrogens with zero attached hydrogens (tertiary/aromatic N) is 3. The van der Waals surface area contributed by atoms with Gasteiger partial charge in [0.05, 0.1) is 19.8 Å². The quantitative estimate of drug-likeness (QED) is 0.829. The maximum absolute atomic E-state index is 12.6. The molecule has 0 saturated carbocycles. The van der Waals surface area contributed by atoms with Crippen LogP contribution in [0, 0.1) is 5.92 Å². The molecule has 5 rings (SSSR count). The van der Waals surface area contributed by atoms with Crippen molar-refractivity contribution in [2.75, 3.05) is 52.5 Å². The van der Waals surface area contributed by atoms with Crippen LogP contribution in [-0.2, 0) is 16.1 Å². The molecular formula is C20H29N3O2. The average molecular weight is 343 g/mol. The van der Waals surface area contributed by atoms with Gasteiger partial charge in [-0.1, -0.05) is 30.3 Å². The molecule has 5 nitrogen and oxygen atoms in total. The van der Waals surface area contributed by atoms with Crippen molar-refractivity contribution < 1.29 is 9.53 Å². The van der Waals surface area contributed by atoms with Gasteiger partial charge in [0.2, 0.25) is 5.91 Å². The molecule has 1 aromatic carbocycles. The van der Waals surface area contributed by atoms with Crippen molar-refractivity contribution in [3.63, 3.8) is 0 Å². The van der Waals surface area contributed by atoms with E-state index in [1.54, 1.807) is 0 Å². The van der Waals surface area contributed by atoms with Crippen LogP contribution in [0.1, 0.15) is 18.4 Å². The molecule has 4 aliphatic rings. The normalized spacial score (nSPS) is 28.1. The van der Waals surface area contributed by atoms with E-state index in [9.17, 15) is 4.79 Å². The van der Waals surface area contributed by atoms with Gasteiger partial charge in [-0.15, -0.1) is 0 Å². The molecule has 5 heteroatoms. The fourth-order valence-corrected chi connectivity index (χ4v) is 4.52. The maximum atomic E-state index is 12.6. The Kier molecular flexibility index (Phi) is 5.34. The van der Waals surface area contributed by atoms with Crippen LogP contribution >= 0.6 is 0 Å². The second kappa shape index (κ2) is 7.85. The molecule has 0 aromatic heterocycles. The van der Waals surface area contributed by atoms with Crippen LogP contribution < -0.4 is 0 Å². The zero-order valence-corrected chi connectivity index (χ0v) is 15.0. The highest BCUT2D eigenvalue weighted by atomic mass is 16.5. The molecule has 136 valence electrons. The summed E-state index contributed by atoms with van der Waals surface area (Å²) in [6, 6.07) is 11.3. The minimum Gasteiger partial charge on any atom is -0.378 e. The molecule has 0 unspecified atom stereocenters. The second-order valence-corrected chi connectivity index (χ2v) is 7.70. The SMILES string of the molecule is O=C(CN1C[C@@H]2CC[C@H](C1)N(Cc1ccccc1)C2)N1CCOCC1. The Morgan fingerprint density at radius 2 is 1.84 bits per heavy atom. The molecule has 4 heterocycles. The predicted molar refractivity (Wildman–Crippen MR) is 97.2 cm³/mol. The number of hydrogen-bond donors (Lipinski definition) is 0. The van der Waals surface area contributed by atoms with Gasteiger partial charge in [-0.2, -0.15) is 0 Å². The summed E-state index contributed by atoms with van der Waals surface area (Å²) in [5, 5.41) is 0. The van der Waals surface area contributed by atoms with E-state index < -0.39 is 0 Å². The standard InChI is InChI=1S/C20H29N3O2/c24-20(22-8-10-25-11-9-22)16-21-12-18-6-7-19(15-21)23(14-18)13-17-4-2-1-3-5-17/h1-5,18-19H,6-16H2/t18-,19+/m0/s1. The summed E-state index contributed by atoms with van der Waals surface area (Å²) in [6.45, 7) is 7.74. The molecule has 0 aliphatic carbocycles. The molecule has 25 heavy (non-hydrogen) atoms. The van der Waals surface area contributed by atoms with Gasteiger partial charge in [-0.25, -0.2) is 0 Å². The second-order valence-electron chi connectivity index (χ2n) is 7.70. The van der Waals surface area contributed by atoms with E-state index in [0.717, 1.165) is 32.7 Å². The first kappa shape index (κ1) is 17.0. The Morgan fingerprint density at radius 3 is 2.64 bits per heavy atom. The van der Waals surface area contributed by atoms with Crippen LogP contribution in [0.15, 0.2) is 30.3 Å². The fourth-order valence-electron chi connectivity index (χ4n) is 4.52. The van der Waals surface area contributed by atoms with Gasteiger partial charge in [-0.05, 0) is 24.3 Å². The summed E-state index contributed by atoms with van der Waals surface area (Å²) >= 11 is 0. The first-order valence-electron chi connectivity index (χ1n) is 9.64. The number of amides is 1. The van der Waals surface area contributed by atoms with Crippen molar-refractivity contribution >= 4 is 5.91 Å². The number of hydrogen-bond acceptors (Lipinski definition) is 4. The zero-order chi connectivity index (χ0) is 17.1. The van der Waals surface area contributed by atoms with Gasteiger partial charge in [-0.3, -0.25) is 14.6 Å². The summed E-state index contributed by atoms with van der Waals surface area (Å²) in [4.78, 5) is 19.6. The number of morpholine rings is 1. The third kappa shape index (κ3) is 4.22. The van der Waals surface area contributed by atoms with Crippen molar-refractivity contribution in [2.45, 2.75) is 25.4 Å². The van der Waals surface area contributed by atoms with E-state index in [1.807, 2.05) is 4.90 Å². The van der Waals surface area contributed by atoms with Crippen LogP contribution in [-0.4, -0.2) is 79.1 Å². The highest BCUT2D eigenvalue weighted by molar-refractivity contribution is 5.78. The van der Waals surface area contributed by atoms with Crippen LogP contribution in [0.5, 0.6) is 0 Å². The van der Waals surface area contributed by atoms with Crippen LogP contribution in [0.4, 0.5) is 0 Å². The van der Waals surface area contributed by atoms with Gasteiger partial charge in [0.15, 0.2) is 0 Å². The van der Waals surface area contributed by atoms with Crippen molar-refractivity contribution in [1.82, 2.24) is 14.7 Å². The van der Waals surface area contributed by atoms with E-state index >= 15 is 0 Å². The zero-order valence-electron chi connectivity index (χ0n) is 15.0. The first-order valence-corrected chi connectivity index (χ1v) is 9.64. The molecule has 2 atom stereocenters. The average Bonchev–Trinajstić information content (AvgIpc) is 2.94. The van der Waals surface area contributed by atoms with E-state index in [-0.39, 0.29) is 5.91 Å². The Bertz CT molecular complexity index is 574. The van der Waals surface area contributed by atoms with Crippen molar-refractivity contribution in [3.05, 3.63) is 35.9 Å². The summed E-state index contributed by atoms with van der Waals surface area (Å²) in [7, 11) is 0. The molecule has 4 fully saturated rings. The molecule has 4 aliphatic heterocycles. The molecule has 0 N–H and O–H groups in total. The van der Waals surface area contributed by atoms with Gasteiger partial charge < -0.3 is 9.64 Å². The predicted octanol–water partition coefficient (Wildman–Crippen LogP) is 1.44. The smallest absolute Gasteiger partial charge is 0.236 e. The number of piperidine rings is 1. The molecule has 2 bridgehead atoms. The van der Waals surface area contributed by atoms with E-state index in [0.29, 0.717) is 31.7 Å². The topological polar surface area (TPSA) is 36.0 Å². The summed E-state index contributed by atoms with van der Waals surface area (Å²) < 4.78 is 5.36. The highest BCUT2D eigenvalue weighted by Gasteiger charge is 2.35. The van der Waals surface area contributed by atoms with E-state index in [1.165, 1.54) is 24.9 Å². The lowest BCUT2D eigenvalue weighted by atomic mass is 9.94. The van der Waals surface area contributed by atoms with Crippen LogP contribution in [0.2, 0.25) is 0 Å². The Balaban J connectivity index is 1.36. The van der Waals surface area contributed by atoms with Gasteiger partial charge in [0, 0.05) is 45.3 Å². The Morgan fingerprint density at radius 1 is 1.04 bits per heavy atom. The molecule has 4 saturated heterocycles. The minimum absolute atomic E-state index is 0.277. The van der Waals surface area contributed by atoms with Crippen LogP contribution in [0.25, 0.3) is 0 Å². The number of carbonyl (C=O) groups is 1. The lowest BCUT2D eigenvalue weighted by Gasteiger charge is -2.36. The first-order chi connectivity index (χ1) is 12.3. The molecule has 1 amide bonds. The van der Waals surface area contributed by atoms with Crippen molar-refractivity contribution in [3.8, 4) is 0 Å². The minimum atomic E-state index is 0.277. The lowest BCUT2D eigenvalue weighted by molar-refractivity contribution is -0.136. The van der Waals surface area contributed by atoms with Crippen molar-refractivity contribution in [1.29, 1.82) is 0 Å². The third-order valence-electron chi connectivity index (χ3n) is 5.85. The summed E-state index contributed by atoms with van der Waals surface area (Å²) in [5.74, 6) is 0.971. The van der Waals surface area contributed by atoms with Crippen LogP contribution in [0.3, 0.4) is 0 Å². The number of ether oxygens (including phenoxy) is 1. The molecule has 0 spiro atoms. The maximum Gasteiger partial charge on any atom is 0.236 e. The van der Waals surface area contributed by atoms with E-state index in [2.05, 4.69) is 40.1 Å². The largest absolute Gasteiger partial charge is 0.378 e. The Hall–Kier alpha value is -1.43. The Labute approximate surface area is 150 Å². The van der Waals surface area contributed by atoms with Gasteiger partial charge >= 0.3 is 0 Å². The fraction of sp³-hybridized carbons (Fsp3) is 0.650. The number of fused-ring (bicyclic) bond motifs is 4. The van der Waals surface area contributed by atoms with Gasteiger partial charge in [0.1, 0.15) is 0 Å². The van der Waals surface area contributed by atoms with Gasteiger partial charge in [0.25, 0.3) is 0 Å². The highest BCUT2D eigenvalue weighted by Crippen LogP contribution is 2.29. The summed E-state index contributed by atoms with van der Waals surface area (Å²) in [6.07, 6.45) is 2.57. The van der Waals surface area contributed by atoms with E-state index in [4.69, 9.17) is 4.74 Å². The molecular weight excluding hydrogens is 314 g/mol. The van der Waals surface area contributed by atoms with Crippen molar-refractivity contribution in [2.24, 2.45) is 5.92 Å². The lowest BCUT2D eigenvalue weighted by Crippen LogP contribution is -2.47. The monoisotopic (exact) mass is 343 g/mol. The summed E-state index contributed by atoms with van der Waals surface area (Å²) in [5.41, 5.74) is 1.39. The number of benzene rings is 1. The molecule has 1 aromatic rings. The molecule has 0 radical (unpaired) electrons. The number of carbonyl (C=O) groups excluding carboxylic acids is 1.